The van der Waals surface area contributed by atoms with Crippen LogP contribution in [0.4, 0.5) is 4.79 Å². The summed E-state index contributed by atoms with van der Waals surface area (Å²) in [6, 6.07) is 11.5. The lowest BCUT2D eigenvalue weighted by Crippen LogP contribution is -2.28. The molecule has 4 nitrogen and oxygen atoms in total. The summed E-state index contributed by atoms with van der Waals surface area (Å²) in [7, 11) is 1.62. The van der Waals surface area contributed by atoms with Gasteiger partial charge in [-0.2, -0.15) is 0 Å². The number of terminal acetylenes is 1. The molecule has 0 aromatic heterocycles. The van der Waals surface area contributed by atoms with Crippen LogP contribution in [-0.4, -0.2) is 29.7 Å². The molecule has 2 aromatic carbocycles. The minimum absolute atomic E-state index is 0.00856. The zero-order chi connectivity index (χ0) is 16.4. The monoisotopic (exact) mass is 323 g/mol. The number of amides is 2. The van der Waals surface area contributed by atoms with Crippen LogP contribution in [0.2, 0.25) is 0 Å². The smallest absolute Gasteiger partial charge is 0.294 e. The maximum atomic E-state index is 12.3. The maximum absolute atomic E-state index is 12.3. The number of ether oxygens (including phenoxy) is 1. The van der Waals surface area contributed by atoms with Crippen LogP contribution in [0.1, 0.15) is 5.56 Å². The zero-order valence-electron chi connectivity index (χ0n) is 12.4. The lowest BCUT2D eigenvalue weighted by atomic mass is 10.0. The van der Waals surface area contributed by atoms with Gasteiger partial charge in [0.05, 0.1) is 18.6 Å². The van der Waals surface area contributed by atoms with E-state index in [0.717, 1.165) is 38.7 Å². The Morgan fingerprint density at radius 2 is 1.96 bits per heavy atom. The number of thioether (sulfide) groups is 1. The van der Waals surface area contributed by atoms with Gasteiger partial charge in [-0.05, 0) is 34.9 Å². The largest absolute Gasteiger partial charge is 0.496 e. The summed E-state index contributed by atoms with van der Waals surface area (Å²) in [5, 5.41) is 1.57. The zero-order valence-corrected chi connectivity index (χ0v) is 13.2. The van der Waals surface area contributed by atoms with Crippen LogP contribution in [0.15, 0.2) is 41.3 Å². The Labute approximate surface area is 138 Å². The van der Waals surface area contributed by atoms with Crippen LogP contribution in [0.5, 0.6) is 5.75 Å². The first-order chi connectivity index (χ1) is 11.2. The van der Waals surface area contributed by atoms with Crippen LogP contribution >= 0.6 is 11.8 Å². The molecule has 0 saturated carbocycles. The molecule has 1 fully saturated rings. The van der Waals surface area contributed by atoms with Crippen molar-refractivity contribution >= 4 is 39.8 Å². The molecule has 114 valence electrons. The van der Waals surface area contributed by atoms with Crippen molar-refractivity contribution in [3.8, 4) is 18.1 Å². The Kier molecular flexibility index (Phi) is 4.09. The predicted octanol–water partition coefficient (Wildman–Crippen LogP) is 3.52. The molecule has 0 bridgehead atoms. The van der Waals surface area contributed by atoms with Crippen molar-refractivity contribution in [2.24, 2.45) is 0 Å². The van der Waals surface area contributed by atoms with Gasteiger partial charge in [-0.25, -0.2) is 0 Å². The van der Waals surface area contributed by atoms with Gasteiger partial charge in [0.15, 0.2) is 0 Å². The number of fused-ring (bicyclic) bond motifs is 1. The van der Waals surface area contributed by atoms with Gasteiger partial charge in [0.1, 0.15) is 5.75 Å². The van der Waals surface area contributed by atoms with Crippen molar-refractivity contribution in [3.05, 3.63) is 46.9 Å². The molecule has 0 unspecified atom stereocenters. The van der Waals surface area contributed by atoms with E-state index >= 15 is 0 Å². The van der Waals surface area contributed by atoms with Gasteiger partial charge >= 0.3 is 0 Å². The molecule has 0 aliphatic carbocycles. The third kappa shape index (κ3) is 2.69. The van der Waals surface area contributed by atoms with Crippen molar-refractivity contribution in [2.45, 2.75) is 0 Å². The molecule has 2 aromatic rings. The fourth-order valence-electron chi connectivity index (χ4n) is 2.47. The Morgan fingerprint density at radius 1 is 1.22 bits per heavy atom. The average molecular weight is 323 g/mol. The van der Waals surface area contributed by atoms with E-state index in [1.165, 1.54) is 0 Å². The number of hydrogen-bond acceptors (Lipinski definition) is 4. The van der Waals surface area contributed by atoms with E-state index < -0.39 is 0 Å². The van der Waals surface area contributed by atoms with Gasteiger partial charge in [-0.15, -0.1) is 6.42 Å². The number of nitrogens with zero attached hydrogens (tertiary/aromatic N) is 1. The van der Waals surface area contributed by atoms with Crippen LogP contribution in [-0.2, 0) is 4.79 Å². The highest BCUT2D eigenvalue weighted by atomic mass is 32.2. The molecule has 0 atom stereocenters. The molecule has 0 spiro atoms. The first-order valence-corrected chi connectivity index (χ1v) is 7.72. The van der Waals surface area contributed by atoms with E-state index in [4.69, 9.17) is 11.2 Å². The van der Waals surface area contributed by atoms with E-state index in [2.05, 4.69) is 5.92 Å². The third-order valence-corrected chi connectivity index (χ3v) is 4.45. The van der Waals surface area contributed by atoms with Crippen molar-refractivity contribution in [2.75, 3.05) is 13.7 Å². The predicted molar refractivity (Wildman–Crippen MR) is 92.0 cm³/mol. The summed E-state index contributed by atoms with van der Waals surface area (Å²) < 4.78 is 5.36. The fraction of sp³-hybridized carbons (Fsp3) is 0.111. The van der Waals surface area contributed by atoms with Gasteiger partial charge in [-0.1, -0.05) is 36.3 Å². The van der Waals surface area contributed by atoms with Gasteiger partial charge in [0, 0.05) is 5.39 Å². The number of methoxy groups -OCH3 is 1. The number of benzene rings is 2. The van der Waals surface area contributed by atoms with Gasteiger partial charge in [0.2, 0.25) is 0 Å². The van der Waals surface area contributed by atoms with E-state index in [0.29, 0.717) is 4.91 Å². The Bertz CT molecular complexity index is 879. The summed E-state index contributed by atoms with van der Waals surface area (Å²) in [6.07, 6.45) is 6.92. The second-order valence-corrected chi connectivity index (χ2v) is 5.87. The Hall–Kier alpha value is -2.71. The minimum Gasteiger partial charge on any atom is -0.496 e. The number of hydrogen-bond donors (Lipinski definition) is 0. The fourth-order valence-corrected chi connectivity index (χ4v) is 3.30. The highest BCUT2D eigenvalue weighted by Gasteiger charge is 2.34. The first kappa shape index (κ1) is 15.2. The van der Waals surface area contributed by atoms with Gasteiger partial charge < -0.3 is 4.74 Å². The molecule has 2 amide bonds. The van der Waals surface area contributed by atoms with Crippen LogP contribution in [0.25, 0.3) is 16.8 Å². The molecule has 0 radical (unpaired) electrons. The minimum atomic E-state index is -0.349. The molecule has 3 rings (SSSR count). The van der Waals surface area contributed by atoms with Crippen molar-refractivity contribution in [1.82, 2.24) is 4.90 Å². The molecule has 1 heterocycles. The van der Waals surface area contributed by atoms with E-state index in [-0.39, 0.29) is 17.7 Å². The SMILES string of the molecule is C#CCN1C(=O)S/C(=C/c2ccc(OC)c3ccccc23)C1=O. The van der Waals surface area contributed by atoms with Crippen LogP contribution < -0.4 is 4.74 Å². The molecule has 23 heavy (non-hydrogen) atoms. The standard InChI is InChI=1S/C18H13NO3S/c1-3-10-19-17(20)16(23-18(19)21)11-12-8-9-15(22-2)14-7-5-4-6-13(12)14/h1,4-9,11H,10H2,2H3/b16-11+. The molecule has 1 aliphatic heterocycles. The van der Waals surface area contributed by atoms with Crippen molar-refractivity contribution < 1.29 is 14.3 Å². The lowest BCUT2D eigenvalue weighted by molar-refractivity contribution is -0.122. The molecular formula is C18H13NO3S. The summed E-state index contributed by atoms with van der Waals surface area (Å²) in [6.45, 7) is -0.00856. The summed E-state index contributed by atoms with van der Waals surface area (Å²) >= 11 is 0.907. The van der Waals surface area contributed by atoms with Crippen molar-refractivity contribution in [3.63, 3.8) is 0 Å². The average Bonchev–Trinajstić information content (AvgIpc) is 2.83. The van der Waals surface area contributed by atoms with Crippen LogP contribution in [0, 0.1) is 12.3 Å². The second kappa shape index (κ2) is 6.19. The molecular weight excluding hydrogens is 310 g/mol. The molecule has 1 aliphatic rings. The second-order valence-electron chi connectivity index (χ2n) is 4.87. The summed E-state index contributed by atoms with van der Waals surface area (Å²) in [5.74, 6) is 2.74. The number of rotatable bonds is 3. The highest BCUT2D eigenvalue weighted by Crippen LogP contribution is 2.35. The summed E-state index contributed by atoms with van der Waals surface area (Å²) in [5.41, 5.74) is 0.854. The van der Waals surface area contributed by atoms with E-state index in [9.17, 15) is 9.59 Å². The maximum Gasteiger partial charge on any atom is 0.294 e. The third-order valence-electron chi connectivity index (χ3n) is 3.55. The topological polar surface area (TPSA) is 46.6 Å². The molecule has 0 N–H and O–H groups in total. The van der Waals surface area contributed by atoms with Gasteiger partial charge in [0.25, 0.3) is 11.1 Å². The van der Waals surface area contributed by atoms with E-state index in [1.807, 2.05) is 36.4 Å². The van der Waals surface area contributed by atoms with Crippen molar-refractivity contribution in [1.29, 1.82) is 0 Å². The molecule has 1 saturated heterocycles. The number of carbonyl (C=O) groups excluding carboxylic acids is 2. The summed E-state index contributed by atoms with van der Waals surface area (Å²) in [4.78, 5) is 25.6. The normalized spacial score (nSPS) is 16.2. The highest BCUT2D eigenvalue weighted by molar-refractivity contribution is 8.18. The quantitative estimate of drug-likeness (QED) is 0.640. The van der Waals surface area contributed by atoms with Gasteiger partial charge in [-0.3, -0.25) is 14.5 Å². The van der Waals surface area contributed by atoms with Crippen LogP contribution in [0.3, 0.4) is 0 Å². The Morgan fingerprint density at radius 3 is 2.65 bits per heavy atom. The molecule has 5 heteroatoms. The lowest BCUT2D eigenvalue weighted by Gasteiger charge is -2.09. The number of imide groups is 1. The van der Waals surface area contributed by atoms with E-state index in [1.54, 1.807) is 13.2 Å². The number of carbonyl (C=O) groups is 2. The Balaban J connectivity index is 2.07. The first-order valence-electron chi connectivity index (χ1n) is 6.90.